The molecule has 0 aliphatic heterocycles. The standard InChI is InChI=1S/C23H25Cl3N2O5/c1-4-13(2)20(28-23(31)32-12-15-8-6-5-7-9-15)22(30)33-14(3)21(29)27-19-11-17(25)16(24)10-18(19)26/h5-11,13-14,20H,4,12H2,1-3H3,(H,27,29)(H,28,31)/t13-,14?,20-/m0/s1. The molecule has 178 valence electrons. The molecule has 2 rings (SSSR count). The quantitative estimate of drug-likeness (QED) is 0.322. The Labute approximate surface area is 207 Å². The minimum atomic E-state index is -1.17. The minimum absolute atomic E-state index is 0.0537. The number of carbonyl (C=O) groups is 3. The molecule has 0 aliphatic rings. The highest BCUT2D eigenvalue weighted by Gasteiger charge is 2.31. The van der Waals surface area contributed by atoms with Gasteiger partial charge >= 0.3 is 12.1 Å². The predicted octanol–water partition coefficient (Wildman–Crippen LogP) is 5.86. The van der Waals surface area contributed by atoms with Crippen LogP contribution in [0.15, 0.2) is 42.5 Å². The van der Waals surface area contributed by atoms with Gasteiger partial charge in [0.2, 0.25) is 0 Å². The summed E-state index contributed by atoms with van der Waals surface area (Å²) in [4.78, 5) is 37.5. The van der Waals surface area contributed by atoms with Gasteiger partial charge in [0.15, 0.2) is 6.10 Å². The third-order valence-electron chi connectivity index (χ3n) is 4.88. The van der Waals surface area contributed by atoms with E-state index in [0.717, 1.165) is 5.56 Å². The van der Waals surface area contributed by atoms with E-state index in [9.17, 15) is 14.4 Å². The van der Waals surface area contributed by atoms with Gasteiger partial charge in [0.25, 0.3) is 5.91 Å². The third-order valence-corrected chi connectivity index (χ3v) is 5.92. The van der Waals surface area contributed by atoms with Gasteiger partial charge in [0.1, 0.15) is 12.6 Å². The highest BCUT2D eigenvalue weighted by Crippen LogP contribution is 2.32. The number of nitrogens with one attached hydrogen (secondary N) is 2. The van der Waals surface area contributed by atoms with Crippen molar-refractivity contribution < 1.29 is 23.9 Å². The van der Waals surface area contributed by atoms with Gasteiger partial charge in [-0.1, -0.05) is 85.4 Å². The average Bonchev–Trinajstić information content (AvgIpc) is 2.79. The first-order chi connectivity index (χ1) is 15.6. The van der Waals surface area contributed by atoms with Crippen LogP contribution in [0.4, 0.5) is 10.5 Å². The third kappa shape index (κ3) is 8.11. The Hall–Kier alpha value is -2.48. The van der Waals surface area contributed by atoms with Crippen molar-refractivity contribution >= 4 is 58.5 Å². The molecule has 0 radical (unpaired) electrons. The number of hydrogen-bond donors (Lipinski definition) is 2. The summed E-state index contributed by atoms with van der Waals surface area (Å²) in [5.74, 6) is -1.65. The Bertz CT molecular complexity index is 988. The fourth-order valence-electron chi connectivity index (χ4n) is 2.71. The Morgan fingerprint density at radius 3 is 2.24 bits per heavy atom. The first-order valence-electron chi connectivity index (χ1n) is 10.3. The van der Waals surface area contributed by atoms with E-state index in [1.165, 1.54) is 19.1 Å². The first-order valence-corrected chi connectivity index (χ1v) is 11.4. The molecule has 2 N–H and O–H groups in total. The van der Waals surface area contributed by atoms with Crippen molar-refractivity contribution in [3.05, 3.63) is 63.1 Å². The van der Waals surface area contributed by atoms with Gasteiger partial charge in [-0.25, -0.2) is 9.59 Å². The number of esters is 1. The molecule has 2 aromatic carbocycles. The van der Waals surface area contributed by atoms with Gasteiger partial charge in [0, 0.05) is 0 Å². The lowest BCUT2D eigenvalue weighted by Gasteiger charge is -2.24. The lowest BCUT2D eigenvalue weighted by molar-refractivity contribution is -0.156. The molecule has 10 heteroatoms. The van der Waals surface area contributed by atoms with Crippen LogP contribution >= 0.6 is 34.8 Å². The van der Waals surface area contributed by atoms with Crippen LogP contribution < -0.4 is 10.6 Å². The minimum Gasteiger partial charge on any atom is -0.451 e. The van der Waals surface area contributed by atoms with Gasteiger partial charge in [-0.3, -0.25) is 4.79 Å². The maximum atomic E-state index is 12.7. The van der Waals surface area contributed by atoms with Crippen LogP contribution in [0.25, 0.3) is 0 Å². The lowest BCUT2D eigenvalue weighted by Crippen LogP contribution is -2.47. The zero-order chi connectivity index (χ0) is 24.5. The van der Waals surface area contributed by atoms with E-state index < -0.39 is 30.1 Å². The SMILES string of the molecule is CC[C@H](C)[C@H](NC(=O)OCc1ccccc1)C(=O)OC(C)C(=O)Nc1cc(Cl)c(Cl)cc1Cl. The highest BCUT2D eigenvalue weighted by atomic mass is 35.5. The number of benzene rings is 2. The molecule has 2 amide bonds. The molecule has 1 unspecified atom stereocenters. The molecular formula is C23H25Cl3N2O5. The summed E-state index contributed by atoms with van der Waals surface area (Å²) in [6, 6.07) is 10.9. The lowest BCUT2D eigenvalue weighted by atomic mass is 9.99. The normalized spacial score (nSPS) is 13.4. The molecule has 0 fully saturated rings. The molecule has 0 aromatic heterocycles. The maximum absolute atomic E-state index is 12.7. The van der Waals surface area contributed by atoms with Crippen molar-refractivity contribution in [3.8, 4) is 0 Å². The van der Waals surface area contributed by atoms with Gasteiger partial charge in [0.05, 0.1) is 20.8 Å². The van der Waals surface area contributed by atoms with Crippen LogP contribution in [-0.2, 0) is 25.7 Å². The van der Waals surface area contributed by atoms with Crippen molar-refractivity contribution in [2.24, 2.45) is 5.92 Å². The van der Waals surface area contributed by atoms with Crippen LogP contribution in [0.2, 0.25) is 15.1 Å². The van der Waals surface area contributed by atoms with Crippen LogP contribution in [0.1, 0.15) is 32.8 Å². The van der Waals surface area contributed by atoms with E-state index >= 15 is 0 Å². The second-order valence-electron chi connectivity index (χ2n) is 7.38. The molecule has 3 atom stereocenters. The number of halogens is 3. The van der Waals surface area contributed by atoms with Crippen molar-refractivity contribution in [1.29, 1.82) is 0 Å². The topological polar surface area (TPSA) is 93.7 Å². The van der Waals surface area contributed by atoms with Gasteiger partial charge in [-0.05, 0) is 30.5 Å². The van der Waals surface area contributed by atoms with E-state index in [-0.39, 0.29) is 33.3 Å². The Balaban J connectivity index is 1.98. The van der Waals surface area contributed by atoms with Crippen LogP contribution in [0, 0.1) is 5.92 Å². The smallest absolute Gasteiger partial charge is 0.408 e. The number of anilines is 1. The van der Waals surface area contributed by atoms with Crippen molar-refractivity contribution in [2.75, 3.05) is 5.32 Å². The average molecular weight is 516 g/mol. The molecule has 0 heterocycles. The number of hydrogen-bond acceptors (Lipinski definition) is 5. The van der Waals surface area contributed by atoms with Gasteiger partial charge < -0.3 is 20.1 Å². The van der Waals surface area contributed by atoms with Gasteiger partial charge in [-0.2, -0.15) is 0 Å². The predicted molar refractivity (Wildman–Crippen MR) is 129 cm³/mol. The van der Waals surface area contributed by atoms with E-state index in [2.05, 4.69) is 10.6 Å². The molecule has 0 saturated carbocycles. The van der Waals surface area contributed by atoms with Crippen molar-refractivity contribution in [1.82, 2.24) is 5.32 Å². The van der Waals surface area contributed by atoms with E-state index in [4.69, 9.17) is 44.3 Å². The van der Waals surface area contributed by atoms with E-state index in [1.54, 1.807) is 6.92 Å². The molecule has 0 spiro atoms. The summed E-state index contributed by atoms with van der Waals surface area (Å²) in [5.41, 5.74) is 1.03. The molecule has 0 bridgehead atoms. The largest absolute Gasteiger partial charge is 0.451 e. The van der Waals surface area contributed by atoms with Crippen molar-refractivity contribution in [3.63, 3.8) is 0 Å². The number of carbonyl (C=O) groups excluding carboxylic acids is 3. The first kappa shape index (κ1) is 26.8. The van der Waals surface area contributed by atoms with Crippen LogP contribution in [0.5, 0.6) is 0 Å². The molecule has 2 aromatic rings. The summed E-state index contributed by atoms with van der Waals surface area (Å²) in [6.45, 7) is 5.10. The molecule has 7 nitrogen and oxygen atoms in total. The molecular weight excluding hydrogens is 491 g/mol. The summed E-state index contributed by atoms with van der Waals surface area (Å²) >= 11 is 17.9. The molecule has 33 heavy (non-hydrogen) atoms. The number of amides is 2. The second-order valence-corrected chi connectivity index (χ2v) is 8.61. The Morgan fingerprint density at radius 2 is 1.61 bits per heavy atom. The van der Waals surface area contributed by atoms with Gasteiger partial charge in [-0.15, -0.1) is 0 Å². The summed E-state index contributed by atoms with van der Waals surface area (Å²) in [6.07, 6.45) is -1.35. The summed E-state index contributed by atoms with van der Waals surface area (Å²) in [7, 11) is 0. The van der Waals surface area contributed by atoms with E-state index in [0.29, 0.717) is 6.42 Å². The maximum Gasteiger partial charge on any atom is 0.408 e. The summed E-state index contributed by atoms with van der Waals surface area (Å²) < 4.78 is 10.5. The van der Waals surface area contributed by atoms with Crippen molar-refractivity contribution in [2.45, 2.75) is 45.9 Å². The fraction of sp³-hybridized carbons (Fsp3) is 0.348. The van der Waals surface area contributed by atoms with Crippen LogP contribution in [-0.4, -0.2) is 30.1 Å². The zero-order valence-corrected chi connectivity index (χ0v) is 20.6. The number of alkyl carbamates (subject to hydrolysis) is 1. The fourth-order valence-corrected chi connectivity index (χ4v) is 3.31. The Kier molecular flexibility index (Phi) is 10.3. The second kappa shape index (κ2) is 12.7. The summed E-state index contributed by atoms with van der Waals surface area (Å²) in [5, 5.41) is 5.69. The number of rotatable bonds is 9. The monoisotopic (exact) mass is 514 g/mol. The molecule has 0 saturated heterocycles. The Morgan fingerprint density at radius 1 is 0.970 bits per heavy atom. The van der Waals surface area contributed by atoms with Crippen LogP contribution in [0.3, 0.4) is 0 Å². The number of ether oxygens (including phenoxy) is 2. The molecule has 0 aliphatic carbocycles. The zero-order valence-electron chi connectivity index (χ0n) is 18.4. The van der Waals surface area contributed by atoms with E-state index in [1.807, 2.05) is 37.3 Å². The highest BCUT2D eigenvalue weighted by molar-refractivity contribution is 6.44.